The zero-order valence-electron chi connectivity index (χ0n) is 19.9. The number of aromatic amines is 1. The maximum absolute atomic E-state index is 14.9. The Morgan fingerprint density at radius 1 is 1.26 bits per heavy atom. The number of cyclic esters (lactones) is 1. The molecule has 180 valence electrons. The normalized spacial score (nSPS) is 18.0. The van der Waals surface area contributed by atoms with Crippen molar-refractivity contribution in [3.8, 4) is 11.1 Å². The van der Waals surface area contributed by atoms with Gasteiger partial charge in [-0.05, 0) is 52.3 Å². The molecular weight excluding hydrogens is 439 g/mol. The van der Waals surface area contributed by atoms with Crippen molar-refractivity contribution in [1.82, 2.24) is 20.2 Å². The molecule has 0 bridgehead atoms. The van der Waals surface area contributed by atoms with E-state index in [0.717, 1.165) is 11.1 Å². The number of nitrogens with zero attached hydrogens (tertiary/aromatic N) is 4. The van der Waals surface area contributed by atoms with E-state index in [1.54, 1.807) is 30.7 Å². The molecule has 0 spiro atoms. The number of carbonyl (C=O) groups excluding carboxylic acids is 1. The summed E-state index contributed by atoms with van der Waals surface area (Å²) in [6, 6.07) is 5.91. The second-order valence-electron chi connectivity index (χ2n) is 9.28. The molecule has 1 fully saturated rings. The van der Waals surface area contributed by atoms with Gasteiger partial charge in [-0.1, -0.05) is 12.1 Å². The van der Waals surface area contributed by atoms with Gasteiger partial charge < -0.3 is 14.8 Å². The van der Waals surface area contributed by atoms with E-state index >= 15 is 0 Å². The maximum Gasteiger partial charge on any atom is 0.416 e. The molecule has 0 radical (unpaired) electrons. The molecule has 9 nitrogen and oxygen atoms in total. The molecule has 34 heavy (non-hydrogen) atoms. The number of aromatic nitrogens is 4. The number of ether oxygens (including phenoxy) is 2. The Balaban J connectivity index is 1.51. The van der Waals surface area contributed by atoms with Gasteiger partial charge in [0.05, 0.1) is 23.9 Å². The number of nitrogens with one attached hydrogen (secondary N) is 2. The van der Waals surface area contributed by atoms with Gasteiger partial charge in [-0.15, -0.1) is 0 Å². The van der Waals surface area contributed by atoms with E-state index in [4.69, 9.17) is 9.47 Å². The Hall–Kier alpha value is -3.53. The molecular formula is C24H29FN6O3. The van der Waals surface area contributed by atoms with Crippen LogP contribution in [0, 0.1) is 5.82 Å². The standard InChI is InChI=1S/C24H29FN6O3/c1-14(18-7-6-16(10-19(18)25)17-11-27-28-12-17)29-22-26-9-8-21(30-22)31-20(13-33-23(31)32)15(2)34-24(3,4)5/h6-12,14-15,20H,13H2,1-5H3,(H,27,28)(H,26,29,30)/t14-,15+,20+/m0/s1. The van der Waals surface area contributed by atoms with Crippen molar-refractivity contribution in [3.63, 3.8) is 0 Å². The zero-order valence-corrected chi connectivity index (χ0v) is 19.9. The molecule has 3 atom stereocenters. The third kappa shape index (κ3) is 5.17. The van der Waals surface area contributed by atoms with Crippen molar-refractivity contribution in [1.29, 1.82) is 0 Å². The summed E-state index contributed by atoms with van der Waals surface area (Å²) in [5, 5.41) is 9.75. The quantitative estimate of drug-likeness (QED) is 0.517. The lowest BCUT2D eigenvalue weighted by atomic mass is 10.0. The summed E-state index contributed by atoms with van der Waals surface area (Å²) < 4.78 is 26.2. The van der Waals surface area contributed by atoms with Gasteiger partial charge in [-0.3, -0.25) is 10.00 Å². The minimum Gasteiger partial charge on any atom is -0.447 e. The van der Waals surface area contributed by atoms with E-state index in [1.165, 1.54) is 11.0 Å². The van der Waals surface area contributed by atoms with Crippen molar-refractivity contribution in [2.45, 2.75) is 58.4 Å². The number of hydrogen-bond donors (Lipinski definition) is 2. The molecule has 1 aliphatic heterocycles. The van der Waals surface area contributed by atoms with Gasteiger partial charge in [0.25, 0.3) is 0 Å². The van der Waals surface area contributed by atoms with Crippen molar-refractivity contribution in [3.05, 3.63) is 54.2 Å². The Morgan fingerprint density at radius 3 is 2.74 bits per heavy atom. The van der Waals surface area contributed by atoms with Gasteiger partial charge in [0, 0.05) is 23.5 Å². The molecule has 3 heterocycles. The fraction of sp³-hybridized carbons (Fsp3) is 0.417. The first-order chi connectivity index (χ1) is 16.1. The number of amides is 1. The van der Waals surface area contributed by atoms with Gasteiger partial charge in [-0.2, -0.15) is 10.1 Å². The van der Waals surface area contributed by atoms with Crippen LogP contribution in [-0.4, -0.2) is 50.6 Å². The summed E-state index contributed by atoms with van der Waals surface area (Å²) in [6.45, 7) is 9.80. The van der Waals surface area contributed by atoms with Crippen LogP contribution in [0.3, 0.4) is 0 Å². The van der Waals surface area contributed by atoms with Crippen molar-refractivity contribution in [2.24, 2.45) is 0 Å². The van der Waals surface area contributed by atoms with Crippen LogP contribution in [0.25, 0.3) is 11.1 Å². The predicted octanol–water partition coefficient (Wildman–Crippen LogP) is 4.71. The summed E-state index contributed by atoms with van der Waals surface area (Å²) >= 11 is 0. The highest BCUT2D eigenvalue weighted by atomic mass is 19.1. The Kier molecular flexibility index (Phi) is 6.52. The number of carbonyl (C=O) groups is 1. The lowest BCUT2D eigenvalue weighted by Crippen LogP contribution is -2.45. The van der Waals surface area contributed by atoms with Crippen LogP contribution in [0.4, 0.5) is 21.0 Å². The van der Waals surface area contributed by atoms with Crippen LogP contribution >= 0.6 is 0 Å². The van der Waals surface area contributed by atoms with E-state index in [9.17, 15) is 9.18 Å². The average Bonchev–Trinajstić information content (AvgIpc) is 3.42. The largest absolute Gasteiger partial charge is 0.447 e. The van der Waals surface area contributed by atoms with Crippen LogP contribution in [0.15, 0.2) is 42.9 Å². The van der Waals surface area contributed by atoms with Gasteiger partial charge in [0.15, 0.2) is 0 Å². The summed E-state index contributed by atoms with van der Waals surface area (Å²) in [7, 11) is 0. The SMILES string of the molecule is C[C@H](Nc1nccc(N2C(=O)OC[C@@H]2[C@@H](C)OC(C)(C)C)n1)c1ccc(-c2cn[nH]c2)cc1F. The molecule has 0 saturated carbocycles. The first-order valence-corrected chi connectivity index (χ1v) is 11.1. The van der Waals surface area contributed by atoms with E-state index in [-0.39, 0.29) is 36.1 Å². The smallest absolute Gasteiger partial charge is 0.416 e. The molecule has 1 saturated heterocycles. The molecule has 10 heteroatoms. The molecule has 2 N–H and O–H groups in total. The van der Waals surface area contributed by atoms with Crippen LogP contribution < -0.4 is 10.2 Å². The number of halogens is 1. The molecule has 0 unspecified atom stereocenters. The first-order valence-electron chi connectivity index (χ1n) is 11.1. The molecule has 1 aliphatic rings. The Labute approximate surface area is 197 Å². The number of H-pyrrole nitrogens is 1. The van der Waals surface area contributed by atoms with E-state index in [0.29, 0.717) is 11.4 Å². The summed E-state index contributed by atoms with van der Waals surface area (Å²) in [6.07, 6.45) is 4.12. The lowest BCUT2D eigenvalue weighted by molar-refractivity contribution is -0.0618. The van der Waals surface area contributed by atoms with Gasteiger partial charge in [0.2, 0.25) is 5.95 Å². The highest BCUT2D eigenvalue weighted by molar-refractivity contribution is 5.89. The van der Waals surface area contributed by atoms with Crippen LogP contribution in [0.5, 0.6) is 0 Å². The fourth-order valence-corrected chi connectivity index (χ4v) is 3.97. The van der Waals surface area contributed by atoms with Crippen LogP contribution in [-0.2, 0) is 9.47 Å². The molecule has 1 aromatic carbocycles. The summed E-state index contributed by atoms with van der Waals surface area (Å²) in [5.74, 6) is 0.301. The number of rotatable bonds is 7. The van der Waals surface area contributed by atoms with Crippen LogP contribution in [0.2, 0.25) is 0 Å². The molecule has 2 aromatic heterocycles. The van der Waals surface area contributed by atoms with Crippen molar-refractivity contribution in [2.75, 3.05) is 16.8 Å². The summed E-state index contributed by atoms with van der Waals surface area (Å²) in [5.41, 5.74) is 1.62. The fourth-order valence-electron chi connectivity index (χ4n) is 3.97. The Morgan fingerprint density at radius 2 is 2.06 bits per heavy atom. The second kappa shape index (κ2) is 9.38. The maximum atomic E-state index is 14.9. The average molecular weight is 469 g/mol. The topological polar surface area (TPSA) is 105 Å². The molecule has 1 amide bonds. The summed E-state index contributed by atoms with van der Waals surface area (Å²) in [4.78, 5) is 22.7. The van der Waals surface area contributed by atoms with E-state index in [1.807, 2.05) is 40.7 Å². The van der Waals surface area contributed by atoms with Gasteiger partial charge in [0.1, 0.15) is 24.3 Å². The van der Waals surface area contributed by atoms with E-state index in [2.05, 4.69) is 25.5 Å². The molecule has 0 aliphatic carbocycles. The molecule has 3 aromatic rings. The monoisotopic (exact) mass is 468 g/mol. The third-order valence-corrected chi connectivity index (χ3v) is 5.52. The second-order valence-corrected chi connectivity index (χ2v) is 9.28. The van der Waals surface area contributed by atoms with Crippen molar-refractivity contribution < 1.29 is 18.7 Å². The van der Waals surface area contributed by atoms with Crippen molar-refractivity contribution >= 4 is 17.9 Å². The highest BCUT2D eigenvalue weighted by Gasteiger charge is 2.40. The molecule has 4 rings (SSSR count). The zero-order chi connectivity index (χ0) is 24.5. The number of hydrogen-bond acceptors (Lipinski definition) is 7. The predicted molar refractivity (Wildman–Crippen MR) is 126 cm³/mol. The van der Waals surface area contributed by atoms with E-state index < -0.39 is 12.1 Å². The van der Waals surface area contributed by atoms with Gasteiger partial charge in [-0.25, -0.2) is 14.2 Å². The van der Waals surface area contributed by atoms with Crippen LogP contribution in [0.1, 0.15) is 46.2 Å². The Bertz CT molecular complexity index is 1150. The lowest BCUT2D eigenvalue weighted by Gasteiger charge is -2.31. The third-order valence-electron chi connectivity index (χ3n) is 5.52. The minimum absolute atomic E-state index is 0.202. The number of anilines is 2. The minimum atomic E-state index is -0.493. The highest BCUT2D eigenvalue weighted by Crippen LogP contribution is 2.29. The van der Waals surface area contributed by atoms with Gasteiger partial charge >= 0.3 is 6.09 Å². The number of benzene rings is 1. The first kappa shape index (κ1) is 23.6.